The maximum absolute atomic E-state index is 13.6. The summed E-state index contributed by atoms with van der Waals surface area (Å²) < 4.78 is 53.2. The van der Waals surface area contributed by atoms with Gasteiger partial charge in [0, 0.05) is 31.2 Å². The van der Waals surface area contributed by atoms with Crippen LogP contribution in [0.4, 0.5) is 4.39 Å². The maximum Gasteiger partial charge on any atom is 0.306 e. The number of benzene rings is 3. The molecule has 1 amide bonds. The molecule has 1 heterocycles. The quantitative estimate of drug-likeness (QED) is 0.324. The van der Waals surface area contributed by atoms with Gasteiger partial charge in [0.2, 0.25) is 0 Å². The summed E-state index contributed by atoms with van der Waals surface area (Å²) in [7, 11) is -3.68. The maximum atomic E-state index is 13.6. The monoisotopic (exact) mass is 570 g/mol. The first-order valence-electron chi connectivity index (χ1n) is 13.4. The molecule has 1 aliphatic rings. The van der Waals surface area contributed by atoms with Crippen molar-refractivity contribution in [1.29, 1.82) is 0 Å². The van der Waals surface area contributed by atoms with Gasteiger partial charge in [-0.25, -0.2) is 4.39 Å². The van der Waals surface area contributed by atoms with Crippen LogP contribution >= 0.6 is 0 Å². The summed E-state index contributed by atoms with van der Waals surface area (Å²) in [6.07, 6.45) is 2.51. The van der Waals surface area contributed by atoms with Crippen molar-refractivity contribution in [1.82, 2.24) is 10.2 Å². The fraction of sp³-hybridized carbons (Fsp3) is 0.367. The molecule has 0 spiro atoms. The van der Waals surface area contributed by atoms with E-state index in [1.54, 1.807) is 24.3 Å². The Morgan fingerprint density at radius 3 is 2.17 bits per heavy atom. The molecule has 0 radical (unpaired) electrons. The van der Waals surface area contributed by atoms with Gasteiger partial charge in [0.25, 0.3) is 5.91 Å². The molecule has 1 fully saturated rings. The molecule has 3 aromatic rings. The average molecular weight is 571 g/mol. The van der Waals surface area contributed by atoms with Crippen molar-refractivity contribution in [2.45, 2.75) is 39.3 Å². The zero-order valence-corrected chi connectivity index (χ0v) is 23.8. The SMILES string of the molecule is CCOc1cc(CN2CCC(NC(=O)c3cccc(OS(C)(=O)=O)c3)CC2)cc(OCC)c1-c1ccc(F)cc1. The molecule has 4 rings (SSSR count). The standard InChI is InChI=1S/C30H35FN2O6S/c1-4-37-27-17-21(18-28(38-5-2)29(27)22-9-11-24(31)12-10-22)20-33-15-13-25(14-16-33)32-30(34)23-7-6-8-26(19-23)39-40(3,35)36/h6-12,17-19,25H,4-5,13-16,20H2,1-3H3,(H,32,34). The van der Waals surface area contributed by atoms with Crippen molar-refractivity contribution in [2.24, 2.45) is 0 Å². The molecule has 0 aliphatic carbocycles. The van der Waals surface area contributed by atoms with E-state index in [1.807, 2.05) is 26.0 Å². The number of likely N-dealkylation sites (tertiary alicyclic amines) is 1. The zero-order valence-electron chi connectivity index (χ0n) is 23.0. The Balaban J connectivity index is 1.41. The molecule has 214 valence electrons. The number of hydrogen-bond donors (Lipinski definition) is 1. The minimum atomic E-state index is -3.68. The van der Waals surface area contributed by atoms with E-state index in [-0.39, 0.29) is 23.5 Å². The summed E-state index contributed by atoms with van der Waals surface area (Å²) >= 11 is 0. The fourth-order valence-electron chi connectivity index (χ4n) is 4.80. The van der Waals surface area contributed by atoms with E-state index in [9.17, 15) is 17.6 Å². The van der Waals surface area contributed by atoms with Crippen molar-refractivity contribution >= 4 is 16.0 Å². The van der Waals surface area contributed by atoms with Crippen LogP contribution < -0.4 is 19.0 Å². The van der Waals surface area contributed by atoms with Crippen molar-refractivity contribution in [3.05, 3.63) is 77.6 Å². The third-order valence-corrected chi connectivity index (χ3v) is 7.03. The lowest BCUT2D eigenvalue weighted by Crippen LogP contribution is -2.44. The van der Waals surface area contributed by atoms with Gasteiger partial charge >= 0.3 is 10.1 Å². The van der Waals surface area contributed by atoms with Crippen LogP contribution in [-0.2, 0) is 16.7 Å². The molecule has 1 N–H and O–H groups in total. The van der Waals surface area contributed by atoms with Gasteiger partial charge in [0.15, 0.2) is 0 Å². The Morgan fingerprint density at radius 1 is 0.975 bits per heavy atom. The van der Waals surface area contributed by atoms with Gasteiger partial charge in [0.1, 0.15) is 23.1 Å². The molecule has 1 saturated heterocycles. The predicted molar refractivity (Wildman–Crippen MR) is 152 cm³/mol. The number of nitrogens with zero attached hydrogens (tertiary/aromatic N) is 1. The molecule has 0 saturated carbocycles. The van der Waals surface area contributed by atoms with Crippen LogP contribution in [0.15, 0.2) is 60.7 Å². The summed E-state index contributed by atoms with van der Waals surface area (Å²) in [5.41, 5.74) is 3.02. The number of piperidine rings is 1. The van der Waals surface area contributed by atoms with E-state index in [2.05, 4.69) is 10.2 Å². The van der Waals surface area contributed by atoms with Crippen LogP contribution in [0.5, 0.6) is 17.2 Å². The molecule has 0 bridgehead atoms. The van der Waals surface area contributed by atoms with E-state index in [1.165, 1.54) is 24.3 Å². The van der Waals surface area contributed by atoms with Crippen molar-refractivity contribution in [2.75, 3.05) is 32.6 Å². The third kappa shape index (κ3) is 7.95. The largest absolute Gasteiger partial charge is 0.493 e. The van der Waals surface area contributed by atoms with Gasteiger partial charge in [-0.2, -0.15) is 8.42 Å². The van der Waals surface area contributed by atoms with Gasteiger partial charge in [-0.1, -0.05) is 18.2 Å². The van der Waals surface area contributed by atoms with Crippen LogP contribution in [0.25, 0.3) is 11.1 Å². The second kappa shape index (κ2) is 13.1. The zero-order chi connectivity index (χ0) is 28.7. The van der Waals surface area contributed by atoms with Crippen molar-refractivity contribution < 1.29 is 31.3 Å². The van der Waals surface area contributed by atoms with E-state index in [0.717, 1.165) is 48.9 Å². The first-order chi connectivity index (χ1) is 19.1. The highest BCUT2D eigenvalue weighted by atomic mass is 32.2. The molecule has 0 unspecified atom stereocenters. The highest BCUT2D eigenvalue weighted by Gasteiger charge is 2.23. The smallest absolute Gasteiger partial charge is 0.306 e. The number of rotatable bonds is 11. The summed E-state index contributed by atoms with van der Waals surface area (Å²) in [6, 6.07) is 16.5. The first-order valence-corrected chi connectivity index (χ1v) is 15.2. The molecular weight excluding hydrogens is 535 g/mol. The van der Waals surface area contributed by atoms with Crippen LogP contribution in [0.3, 0.4) is 0 Å². The minimum absolute atomic E-state index is 0.00190. The first kappa shape index (κ1) is 29.4. The van der Waals surface area contributed by atoms with Gasteiger partial charge in [-0.05, 0) is 80.3 Å². The second-order valence-electron chi connectivity index (χ2n) is 9.68. The molecule has 1 aliphatic heterocycles. The summed E-state index contributed by atoms with van der Waals surface area (Å²) in [5.74, 6) is 0.925. The van der Waals surface area contributed by atoms with Crippen molar-refractivity contribution in [3.63, 3.8) is 0 Å². The molecule has 8 nitrogen and oxygen atoms in total. The number of nitrogens with one attached hydrogen (secondary N) is 1. The summed E-state index contributed by atoms with van der Waals surface area (Å²) in [6.45, 7) is 7.08. The van der Waals surface area contributed by atoms with Crippen LogP contribution in [0.1, 0.15) is 42.6 Å². The van der Waals surface area contributed by atoms with Gasteiger partial charge in [-0.15, -0.1) is 0 Å². The summed E-state index contributed by atoms with van der Waals surface area (Å²) in [5, 5.41) is 3.05. The number of carbonyl (C=O) groups is 1. The van der Waals surface area contributed by atoms with E-state index < -0.39 is 10.1 Å². The lowest BCUT2D eigenvalue weighted by Gasteiger charge is -2.32. The van der Waals surface area contributed by atoms with Crippen LogP contribution in [0, 0.1) is 5.82 Å². The molecule has 10 heteroatoms. The highest BCUT2D eigenvalue weighted by molar-refractivity contribution is 7.86. The van der Waals surface area contributed by atoms with Crippen LogP contribution in [0.2, 0.25) is 0 Å². The highest BCUT2D eigenvalue weighted by Crippen LogP contribution is 2.40. The molecule has 0 atom stereocenters. The number of carbonyl (C=O) groups excluding carboxylic acids is 1. The third-order valence-electron chi connectivity index (χ3n) is 6.53. The Kier molecular flexibility index (Phi) is 9.65. The van der Waals surface area contributed by atoms with E-state index in [4.69, 9.17) is 13.7 Å². The number of ether oxygens (including phenoxy) is 2. The fourth-order valence-corrected chi connectivity index (χ4v) is 5.25. The Labute approximate surface area is 235 Å². The predicted octanol–water partition coefficient (Wildman–Crippen LogP) is 5.02. The van der Waals surface area contributed by atoms with Gasteiger partial charge < -0.3 is 19.0 Å². The number of halogens is 1. The lowest BCUT2D eigenvalue weighted by molar-refractivity contribution is 0.0908. The molecule has 0 aromatic heterocycles. The minimum Gasteiger partial charge on any atom is -0.493 e. The van der Waals surface area contributed by atoms with Gasteiger partial charge in [-0.3, -0.25) is 9.69 Å². The van der Waals surface area contributed by atoms with Crippen molar-refractivity contribution in [3.8, 4) is 28.4 Å². The average Bonchev–Trinajstić information content (AvgIpc) is 2.90. The normalized spacial score (nSPS) is 14.5. The molecular formula is C30H35FN2O6S. The summed E-state index contributed by atoms with van der Waals surface area (Å²) in [4.78, 5) is 15.1. The topological polar surface area (TPSA) is 94.2 Å². The Hall–Kier alpha value is -3.63. The van der Waals surface area contributed by atoms with E-state index in [0.29, 0.717) is 36.8 Å². The lowest BCUT2D eigenvalue weighted by atomic mass is 9.99. The van der Waals surface area contributed by atoms with Crippen LogP contribution in [-0.4, -0.2) is 57.8 Å². The van der Waals surface area contributed by atoms with E-state index >= 15 is 0 Å². The van der Waals surface area contributed by atoms with Gasteiger partial charge in [0.05, 0.1) is 25.0 Å². The number of amides is 1. The molecule has 40 heavy (non-hydrogen) atoms. The molecule has 3 aromatic carbocycles. The number of hydrogen-bond acceptors (Lipinski definition) is 7. The Bertz CT molecular complexity index is 1390. The second-order valence-corrected chi connectivity index (χ2v) is 11.3. The Morgan fingerprint density at radius 2 is 1.60 bits per heavy atom.